The van der Waals surface area contributed by atoms with Crippen molar-refractivity contribution in [2.24, 2.45) is 0 Å². The van der Waals surface area contributed by atoms with Crippen molar-refractivity contribution in [3.8, 4) is 0 Å². The fraction of sp³-hybridized carbons (Fsp3) is 0.300. The minimum atomic E-state index is -0.428. The van der Waals surface area contributed by atoms with Crippen molar-refractivity contribution in [2.45, 2.75) is 11.2 Å². The summed E-state index contributed by atoms with van der Waals surface area (Å²) < 4.78 is 13.5. The lowest BCUT2D eigenvalue weighted by atomic mass is 10.2. The third kappa shape index (κ3) is 2.08. The monoisotopic (exact) mass is 350 g/mol. The Labute approximate surface area is 109 Å². The molecule has 1 unspecified atom stereocenters. The first-order valence-electron chi connectivity index (χ1n) is 4.68. The predicted molar refractivity (Wildman–Crippen MR) is 68.2 cm³/mol. The molecule has 0 saturated carbocycles. The Bertz CT molecular complexity index is 453. The van der Waals surface area contributed by atoms with Gasteiger partial charge in [-0.3, -0.25) is 4.79 Å². The van der Waals surface area contributed by atoms with E-state index in [2.05, 4.69) is 31.9 Å². The van der Waals surface area contributed by atoms with Crippen LogP contribution in [0.15, 0.2) is 16.6 Å². The molecule has 1 fully saturated rings. The Morgan fingerprint density at radius 2 is 2.19 bits per heavy atom. The zero-order chi connectivity index (χ0) is 11.9. The molecular formula is C10H9Br2FN2O. The van der Waals surface area contributed by atoms with E-state index in [-0.39, 0.29) is 16.4 Å². The highest BCUT2D eigenvalue weighted by atomic mass is 79.9. The normalized spacial score (nSPS) is 20.6. The van der Waals surface area contributed by atoms with Crippen molar-refractivity contribution in [2.75, 3.05) is 17.2 Å². The minimum Gasteiger partial charge on any atom is -0.397 e. The molecule has 16 heavy (non-hydrogen) atoms. The van der Waals surface area contributed by atoms with Gasteiger partial charge in [-0.2, -0.15) is 0 Å². The van der Waals surface area contributed by atoms with Crippen LogP contribution in [0.4, 0.5) is 15.8 Å². The molecule has 86 valence electrons. The number of anilines is 2. The number of halogens is 3. The molecule has 6 heteroatoms. The molecule has 1 aromatic carbocycles. The van der Waals surface area contributed by atoms with E-state index in [0.29, 0.717) is 23.1 Å². The lowest BCUT2D eigenvalue weighted by Crippen LogP contribution is -2.25. The number of hydrogen-bond acceptors (Lipinski definition) is 2. The highest BCUT2D eigenvalue weighted by Crippen LogP contribution is 2.33. The molecule has 3 nitrogen and oxygen atoms in total. The van der Waals surface area contributed by atoms with Gasteiger partial charge in [-0.1, -0.05) is 15.9 Å². The molecule has 1 saturated heterocycles. The molecule has 1 amide bonds. The Kier molecular flexibility index (Phi) is 3.21. The summed E-state index contributed by atoms with van der Waals surface area (Å²) in [6.07, 6.45) is 0.439. The molecule has 1 aliphatic heterocycles. The van der Waals surface area contributed by atoms with Crippen molar-refractivity contribution >= 4 is 49.1 Å². The topological polar surface area (TPSA) is 46.3 Å². The minimum absolute atomic E-state index is 0.00733. The Hall–Kier alpha value is -0.620. The van der Waals surface area contributed by atoms with E-state index in [1.165, 1.54) is 12.1 Å². The van der Waals surface area contributed by atoms with Crippen molar-refractivity contribution in [1.29, 1.82) is 0 Å². The molecule has 0 aliphatic carbocycles. The van der Waals surface area contributed by atoms with E-state index in [1.54, 1.807) is 4.90 Å². The number of nitrogens with zero attached hydrogens (tertiary/aromatic N) is 1. The van der Waals surface area contributed by atoms with Crippen LogP contribution in [-0.4, -0.2) is 17.3 Å². The van der Waals surface area contributed by atoms with Gasteiger partial charge in [0.2, 0.25) is 5.91 Å². The molecule has 2 N–H and O–H groups in total. The number of rotatable bonds is 1. The number of amides is 1. The van der Waals surface area contributed by atoms with Crippen molar-refractivity contribution in [3.63, 3.8) is 0 Å². The second kappa shape index (κ2) is 4.33. The smallest absolute Gasteiger partial charge is 0.228 e. The van der Waals surface area contributed by atoms with Gasteiger partial charge in [0, 0.05) is 23.9 Å². The van der Waals surface area contributed by atoms with Gasteiger partial charge in [-0.25, -0.2) is 4.39 Å². The maximum absolute atomic E-state index is 13.2. The maximum atomic E-state index is 13.2. The number of nitrogens with two attached hydrogens (primary N) is 1. The first-order valence-corrected chi connectivity index (χ1v) is 6.39. The average molecular weight is 352 g/mol. The number of carbonyl (C=O) groups excluding carboxylic acids is 1. The van der Waals surface area contributed by atoms with Crippen LogP contribution in [0.1, 0.15) is 6.42 Å². The molecule has 1 heterocycles. The summed E-state index contributed by atoms with van der Waals surface area (Å²) >= 11 is 6.47. The third-order valence-corrected chi connectivity index (χ3v) is 3.66. The summed E-state index contributed by atoms with van der Waals surface area (Å²) in [6.45, 7) is 0.557. The number of hydrogen-bond donors (Lipinski definition) is 1. The second-order valence-electron chi connectivity index (χ2n) is 3.63. The number of carbonyl (C=O) groups is 1. The van der Waals surface area contributed by atoms with Gasteiger partial charge in [0.15, 0.2) is 0 Å². The number of nitrogen functional groups attached to an aromatic ring is 1. The third-order valence-electron chi connectivity index (χ3n) is 2.44. The van der Waals surface area contributed by atoms with Gasteiger partial charge < -0.3 is 10.6 Å². The highest BCUT2D eigenvalue weighted by Gasteiger charge is 2.30. The van der Waals surface area contributed by atoms with Crippen LogP contribution in [0.5, 0.6) is 0 Å². The Balaban J connectivity index is 2.41. The molecule has 0 bridgehead atoms. The molecule has 0 spiro atoms. The molecule has 1 aliphatic rings. The highest BCUT2D eigenvalue weighted by molar-refractivity contribution is 9.10. The molecule has 2 rings (SSSR count). The van der Waals surface area contributed by atoms with E-state index in [0.717, 1.165) is 0 Å². The van der Waals surface area contributed by atoms with Crippen LogP contribution >= 0.6 is 31.9 Å². The summed E-state index contributed by atoms with van der Waals surface area (Å²) in [7, 11) is 0. The summed E-state index contributed by atoms with van der Waals surface area (Å²) in [5.41, 5.74) is 6.54. The van der Waals surface area contributed by atoms with Crippen LogP contribution in [0.25, 0.3) is 0 Å². The van der Waals surface area contributed by atoms with Gasteiger partial charge >= 0.3 is 0 Å². The molecule has 1 atom stereocenters. The fourth-order valence-electron chi connectivity index (χ4n) is 1.68. The van der Waals surface area contributed by atoms with Crippen molar-refractivity contribution < 1.29 is 9.18 Å². The zero-order valence-corrected chi connectivity index (χ0v) is 11.4. The number of benzene rings is 1. The lowest BCUT2D eigenvalue weighted by molar-refractivity contribution is -0.117. The first-order chi connectivity index (χ1) is 7.49. The lowest BCUT2D eigenvalue weighted by Gasteiger charge is -2.18. The van der Waals surface area contributed by atoms with Crippen LogP contribution in [0.2, 0.25) is 0 Å². The predicted octanol–water partition coefficient (Wildman–Crippen LogP) is 2.67. The average Bonchev–Trinajstić information content (AvgIpc) is 2.51. The standard InChI is InChI=1S/C10H9Br2FN2O/c11-5-1-10(16)15(4-5)9-2-6(12)7(13)3-8(9)14/h2-3,5H,1,4,14H2. The summed E-state index contributed by atoms with van der Waals surface area (Å²) in [5.74, 6) is -0.435. The van der Waals surface area contributed by atoms with Gasteiger partial charge in [0.25, 0.3) is 0 Å². The quantitative estimate of drug-likeness (QED) is 0.624. The number of alkyl halides is 1. The van der Waals surface area contributed by atoms with E-state index in [1.807, 2.05) is 0 Å². The molecule has 0 radical (unpaired) electrons. The molecular weight excluding hydrogens is 343 g/mol. The fourth-order valence-corrected chi connectivity index (χ4v) is 2.58. The second-order valence-corrected chi connectivity index (χ2v) is 5.78. The van der Waals surface area contributed by atoms with Crippen molar-refractivity contribution in [3.05, 3.63) is 22.4 Å². The zero-order valence-electron chi connectivity index (χ0n) is 8.21. The van der Waals surface area contributed by atoms with E-state index in [9.17, 15) is 9.18 Å². The van der Waals surface area contributed by atoms with Gasteiger partial charge in [-0.05, 0) is 22.0 Å². The van der Waals surface area contributed by atoms with Crippen LogP contribution < -0.4 is 10.6 Å². The summed E-state index contributed by atoms with van der Waals surface area (Å²) in [5, 5.41) is 0. The van der Waals surface area contributed by atoms with Crippen LogP contribution in [-0.2, 0) is 4.79 Å². The Morgan fingerprint density at radius 1 is 1.50 bits per heavy atom. The summed E-state index contributed by atoms with van der Waals surface area (Å²) in [6, 6.07) is 2.75. The Morgan fingerprint density at radius 3 is 2.75 bits per heavy atom. The largest absolute Gasteiger partial charge is 0.397 e. The maximum Gasteiger partial charge on any atom is 0.228 e. The van der Waals surface area contributed by atoms with Gasteiger partial charge in [0.1, 0.15) is 5.82 Å². The van der Waals surface area contributed by atoms with Crippen LogP contribution in [0, 0.1) is 5.82 Å². The summed E-state index contributed by atoms with van der Waals surface area (Å²) in [4.78, 5) is 13.4. The van der Waals surface area contributed by atoms with E-state index >= 15 is 0 Å². The molecule has 0 aromatic heterocycles. The molecule has 1 aromatic rings. The van der Waals surface area contributed by atoms with Crippen LogP contribution in [0.3, 0.4) is 0 Å². The van der Waals surface area contributed by atoms with Gasteiger partial charge in [-0.15, -0.1) is 0 Å². The van der Waals surface area contributed by atoms with Crippen molar-refractivity contribution in [1.82, 2.24) is 0 Å². The van der Waals surface area contributed by atoms with E-state index < -0.39 is 5.82 Å². The first kappa shape index (κ1) is 11.9. The van der Waals surface area contributed by atoms with E-state index in [4.69, 9.17) is 5.73 Å². The SMILES string of the molecule is Nc1cc(F)c(Br)cc1N1CC(Br)CC1=O. The van der Waals surface area contributed by atoms with Gasteiger partial charge in [0.05, 0.1) is 15.8 Å².